The highest BCUT2D eigenvalue weighted by molar-refractivity contribution is 5.87. The Hall–Kier alpha value is -1.88. The van der Waals surface area contributed by atoms with Crippen LogP contribution in [0.4, 0.5) is 0 Å². The molecular formula is C18H24N2O3. The molecule has 3 rings (SSSR count). The summed E-state index contributed by atoms with van der Waals surface area (Å²) in [6.07, 6.45) is 2.83. The first-order chi connectivity index (χ1) is 11.2. The van der Waals surface area contributed by atoms with Gasteiger partial charge in [-0.1, -0.05) is 31.2 Å². The molecule has 0 radical (unpaired) electrons. The van der Waals surface area contributed by atoms with Crippen molar-refractivity contribution < 1.29 is 14.3 Å². The number of amides is 1. The molecule has 1 aliphatic carbocycles. The topological polar surface area (TPSA) is 58.6 Å². The predicted molar refractivity (Wildman–Crippen MR) is 87.0 cm³/mol. The molecule has 1 atom stereocenters. The number of esters is 1. The fraction of sp³-hybridized carbons (Fsp3) is 0.556. The largest absolute Gasteiger partial charge is 0.466 e. The molecule has 1 aromatic rings. The van der Waals surface area contributed by atoms with Gasteiger partial charge in [0.05, 0.1) is 19.1 Å². The van der Waals surface area contributed by atoms with Crippen molar-refractivity contribution in [3.8, 4) is 0 Å². The Morgan fingerprint density at radius 2 is 2.00 bits per heavy atom. The molecule has 0 bridgehead atoms. The van der Waals surface area contributed by atoms with E-state index in [9.17, 15) is 9.59 Å². The van der Waals surface area contributed by atoms with Crippen molar-refractivity contribution in [1.29, 1.82) is 0 Å². The summed E-state index contributed by atoms with van der Waals surface area (Å²) in [5, 5.41) is 2.88. The van der Waals surface area contributed by atoms with Crippen LogP contribution in [-0.4, -0.2) is 48.6 Å². The molecule has 1 heterocycles. The fourth-order valence-corrected chi connectivity index (χ4v) is 3.58. The Bertz CT molecular complexity index is 562. The zero-order valence-corrected chi connectivity index (χ0v) is 13.6. The number of hydrogen-bond acceptors (Lipinski definition) is 4. The summed E-state index contributed by atoms with van der Waals surface area (Å²) in [5.74, 6) is -0.338. The number of ether oxygens (including phenoxy) is 1. The monoisotopic (exact) mass is 316 g/mol. The van der Waals surface area contributed by atoms with E-state index in [0.717, 1.165) is 25.8 Å². The standard InChI is InChI=1S/C18H24N2O3/c1-2-9-23-17(21)12-16-18(22)19-7-8-20(16)15-10-13-5-3-4-6-14(13)11-15/h3-6,15-16H,2,7-12H2,1H3,(H,19,22)/t16-/m0/s1. The van der Waals surface area contributed by atoms with E-state index < -0.39 is 6.04 Å². The van der Waals surface area contributed by atoms with Crippen molar-refractivity contribution in [2.75, 3.05) is 19.7 Å². The zero-order valence-electron chi connectivity index (χ0n) is 13.6. The van der Waals surface area contributed by atoms with Gasteiger partial charge in [-0.25, -0.2) is 0 Å². The lowest BCUT2D eigenvalue weighted by Gasteiger charge is -2.38. The Kier molecular flexibility index (Phi) is 4.96. The molecule has 2 aliphatic rings. The van der Waals surface area contributed by atoms with Crippen LogP contribution in [0.1, 0.15) is 30.9 Å². The van der Waals surface area contributed by atoms with Crippen LogP contribution in [0.3, 0.4) is 0 Å². The van der Waals surface area contributed by atoms with Gasteiger partial charge < -0.3 is 10.1 Å². The van der Waals surface area contributed by atoms with Gasteiger partial charge in [-0.2, -0.15) is 0 Å². The maximum absolute atomic E-state index is 12.3. The lowest BCUT2D eigenvalue weighted by molar-refractivity contribution is -0.149. The SMILES string of the molecule is CCCOC(=O)C[C@H]1C(=O)NCCN1C1Cc2ccccc2C1. The predicted octanol–water partition coefficient (Wildman–Crippen LogP) is 1.30. The van der Waals surface area contributed by atoms with Crippen LogP contribution in [0.5, 0.6) is 0 Å². The Morgan fingerprint density at radius 3 is 2.65 bits per heavy atom. The van der Waals surface area contributed by atoms with Crippen LogP contribution in [0.15, 0.2) is 24.3 Å². The summed E-state index contributed by atoms with van der Waals surface area (Å²) in [6.45, 7) is 3.81. The van der Waals surface area contributed by atoms with Crippen molar-refractivity contribution in [3.05, 3.63) is 35.4 Å². The lowest BCUT2D eigenvalue weighted by Crippen LogP contribution is -2.59. The van der Waals surface area contributed by atoms with Gasteiger partial charge in [-0.05, 0) is 30.4 Å². The molecule has 1 fully saturated rings. The average Bonchev–Trinajstić information content (AvgIpc) is 2.98. The van der Waals surface area contributed by atoms with Gasteiger partial charge in [-0.15, -0.1) is 0 Å². The quantitative estimate of drug-likeness (QED) is 0.832. The molecule has 1 saturated heterocycles. The van der Waals surface area contributed by atoms with E-state index in [4.69, 9.17) is 4.74 Å². The molecule has 5 nitrogen and oxygen atoms in total. The van der Waals surface area contributed by atoms with Crippen molar-refractivity contribution in [2.24, 2.45) is 0 Å². The Balaban J connectivity index is 1.69. The number of carbonyl (C=O) groups is 2. The van der Waals surface area contributed by atoms with Crippen molar-refractivity contribution in [1.82, 2.24) is 10.2 Å². The second kappa shape index (κ2) is 7.13. The van der Waals surface area contributed by atoms with E-state index in [1.165, 1.54) is 11.1 Å². The van der Waals surface area contributed by atoms with Gasteiger partial charge in [0.1, 0.15) is 0 Å². The minimum Gasteiger partial charge on any atom is -0.466 e. The average molecular weight is 316 g/mol. The van der Waals surface area contributed by atoms with E-state index in [0.29, 0.717) is 19.2 Å². The van der Waals surface area contributed by atoms with Crippen LogP contribution in [0, 0.1) is 0 Å². The summed E-state index contributed by atoms with van der Waals surface area (Å²) in [4.78, 5) is 26.4. The molecule has 0 unspecified atom stereocenters. The van der Waals surface area contributed by atoms with Gasteiger partial charge in [0.25, 0.3) is 0 Å². The molecule has 1 aromatic carbocycles. The van der Waals surface area contributed by atoms with E-state index in [-0.39, 0.29) is 18.3 Å². The number of rotatable bonds is 5. The van der Waals surface area contributed by atoms with E-state index in [1.807, 2.05) is 6.92 Å². The van der Waals surface area contributed by atoms with E-state index in [1.54, 1.807) is 0 Å². The van der Waals surface area contributed by atoms with Crippen molar-refractivity contribution >= 4 is 11.9 Å². The van der Waals surface area contributed by atoms with Gasteiger partial charge in [0, 0.05) is 19.1 Å². The van der Waals surface area contributed by atoms with Crippen molar-refractivity contribution in [3.63, 3.8) is 0 Å². The lowest BCUT2D eigenvalue weighted by atomic mass is 10.0. The third-order valence-corrected chi connectivity index (χ3v) is 4.70. The maximum Gasteiger partial charge on any atom is 0.307 e. The molecule has 1 amide bonds. The normalized spacial score (nSPS) is 21.8. The molecule has 23 heavy (non-hydrogen) atoms. The summed E-state index contributed by atoms with van der Waals surface area (Å²) >= 11 is 0. The molecular weight excluding hydrogens is 292 g/mol. The second-order valence-corrected chi connectivity index (χ2v) is 6.30. The molecule has 0 saturated carbocycles. The summed E-state index contributed by atoms with van der Waals surface area (Å²) in [5.41, 5.74) is 2.71. The first-order valence-electron chi connectivity index (χ1n) is 8.45. The van der Waals surface area contributed by atoms with Crippen LogP contribution >= 0.6 is 0 Å². The smallest absolute Gasteiger partial charge is 0.307 e. The number of fused-ring (bicyclic) bond motifs is 1. The highest BCUT2D eigenvalue weighted by Gasteiger charge is 2.38. The summed E-state index contributed by atoms with van der Waals surface area (Å²) in [6, 6.07) is 8.32. The molecule has 0 spiro atoms. The number of benzene rings is 1. The molecule has 1 aliphatic heterocycles. The van der Waals surface area contributed by atoms with Crippen LogP contribution in [0.25, 0.3) is 0 Å². The number of carbonyl (C=O) groups excluding carboxylic acids is 2. The number of hydrogen-bond donors (Lipinski definition) is 1. The van der Waals surface area contributed by atoms with Gasteiger partial charge in [0.2, 0.25) is 5.91 Å². The van der Waals surface area contributed by atoms with Gasteiger partial charge >= 0.3 is 5.97 Å². The van der Waals surface area contributed by atoms with Gasteiger partial charge in [0.15, 0.2) is 0 Å². The first kappa shape index (κ1) is 16.0. The van der Waals surface area contributed by atoms with E-state index in [2.05, 4.69) is 34.5 Å². The fourth-order valence-electron chi connectivity index (χ4n) is 3.58. The van der Waals surface area contributed by atoms with E-state index >= 15 is 0 Å². The molecule has 1 N–H and O–H groups in total. The maximum atomic E-state index is 12.3. The highest BCUT2D eigenvalue weighted by atomic mass is 16.5. The van der Waals surface area contributed by atoms with Gasteiger partial charge in [-0.3, -0.25) is 14.5 Å². The summed E-state index contributed by atoms with van der Waals surface area (Å²) in [7, 11) is 0. The second-order valence-electron chi connectivity index (χ2n) is 6.30. The van der Waals surface area contributed by atoms with Crippen LogP contribution in [-0.2, 0) is 27.2 Å². The zero-order chi connectivity index (χ0) is 16.2. The van der Waals surface area contributed by atoms with Crippen LogP contribution < -0.4 is 5.32 Å². The highest BCUT2D eigenvalue weighted by Crippen LogP contribution is 2.28. The third kappa shape index (κ3) is 3.55. The summed E-state index contributed by atoms with van der Waals surface area (Å²) < 4.78 is 5.17. The number of piperazine rings is 1. The Morgan fingerprint density at radius 1 is 1.30 bits per heavy atom. The number of nitrogens with one attached hydrogen (secondary N) is 1. The molecule has 0 aromatic heterocycles. The first-order valence-corrected chi connectivity index (χ1v) is 8.45. The Labute approximate surface area is 137 Å². The minimum atomic E-state index is -0.410. The minimum absolute atomic E-state index is 0.0549. The van der Waals surface area contributed by atoms with Crippen LogP contribution in [0.2, 0.25) is 0 Å². The van der Waals surface area contributed by atoms with Crippen molar-refractivity contribution in [2.45, 2.75) is 44.7 Å². The number of nitrogens with zero attached hydrogens (tertiary/aromatic N) is 1. The molecule has 124 valence electrons. The molecule has 5 heteroatoms. The third-order valence-electron chi connectivity index (χ3n) is 4.70.